The number of hydrogen-bond donors (Lipinski definition) is 0. The molecule has 5 nitrogen and oxygen atoms in total. The molecular weight excluding hydrogens is 237 g/mol. The van der Waals surface area contributed by atoms with Crippen LogP contribution in [0.3, 0.4) is 0 Å². The van der Waals surface area contributed by atoms with Crippen LogP contribution in [-0.4, -0.2) is 18.7 Å². The normalized spacial score (nSPS) is 10.3. The minimum Gasteiger partial charge on any atom is -0.725 e. The number of unbranched alkanes of at least 4 members (excludes halogenated alkanes) is 3. The molecule has 0 aromatic rings. The van der Waals surface area contributed by atoms with Gasteiger partial charge in [0.1, 0.15) is 0 Å². The predicted molar refractivity (Wildman–Crippen MR) is 47.3 cm³/mol. The van der Waals surface area contributed by atoms with Gasteiger partial charge in [-0.05, 0) is 12.8 Å². The molecule has 14 heavy (non-hydrogen) atoms. The average molecular weight is 247 g/mol. The Labute approximate surface area is 111 Å². The van der Waals surface area contributed by atoms with Gasteiger partial charge in [-0.15, -0.1) is 0 Å². The van der Waals surface area contributed by atoms with Gasteiger partial charge < -0.3 is 4.55 Å². The number of rotatable bonds is 7. The van der Waals surface area contributed by atoms with Crippen LogP contribution in [0.2, 0.25) is 0 Å². The summed E-state index contributed by atoms with van der Waals surface area (Å²) in [6.45, 7) is 0. The van der Waals surface area contributed by atoms with E-state index in [1.807, 2.05) is 6.07 Å². The first-order chi connectivity index (χ1) is 6.06. The smallest absolute Gasteiger partial charge is 0.725 e. The van der Waals surface area contributed by atoms with Crippen molar-refractivity contribution in [2.24, 2.45) is 0 Å². The molecule has 0 amide bonds. The quantitative estimate of drug-likeness (QED) is 0.173. The Morgan fingerprint density at radius 1 is 1.36 bits per heavy atom. The van der Waals surface area contributed by atoms with Crippen LogP contribution >= 0.6 is 12.0 Å². The van der Waals surface area contributed by atoms with Crippen LogP contribution in [0.1, 0.15) is 25.7 Å². The van der Waals surface area contributed by atoms with Crippen LogP contribution in [0.25, 0.3) is 0 Å². The minimum atomic E-state index is -4.56. The van der Waals surface area contributed by atoms with Gasteiger partial charge in [0.2, 0.25) is 10.4 Å². The summed E-state index contributed by atoms with van der Waals surface area (Å²) >= 11 is 0.635. The molecule has 0 aromatic heterocycles. The zero-order valence-electron chi connectivity index (χ0n) is 7.93. The van der Waals surface area contributed by atoms with Crippen LogP contribution in [0.5, 0.6) is 0 Å². The van der Waals surface area contributed by atoms with Crippen LogP contribution in [0.15, 0.2) is 0 Å². The van der Waals surface area contributed by atoms with Crippen molar-refractivity contribution in [2.45, 2.75) is 25.7 Å². The summed E-state index contributed by atoms with van der Waals surface area (Å²) in [6, 6.07) is 2.00. The Balaban J connectivity index is 0. The molecule has 0 bridgehead atoms. The van der Waals surface area contributed by atoms with E-state index in [0.29, 0.717) is 24.2 Å². The predicted octanol–water partition coefficient (Wildman–Crippen LogP) is -1.80. The van der Waals surface area contributed by atoms with Gasteiger partial charge in [-0.2, -0.15) is 5.26 Å². The maximum atomic E-state index is 9.92. The fourth-order valence-corrected chi connectivity index (χ4v) is 1.70. The number of hydrogen-bond acceptors (Lipinski definition) is 6. The molecule has 8 heteroatoms. The van der Waals surface area contributed by atoms with Gasteiger partial charge in [0.25, 0.3) is 0 Å². The van der Waals surface area contributed by atoms with Gasteiger partial charge in [0, 0.05) is 24.2 Å². The Kier molecular flexibility index (Phi) is 12.5. The zero-order chi connectivity index (χ0) is 10.2. The van der Waals surface area contributed by atoms with Crippen LogP contribution in [-0.2, 0) is 14.0 Å². The van der Waals surface area contributed by atoms with Gasteiger partial charge in [0.15, 0.2) is 0 Å². The first kappa shape index (κ1) is 17.1. The van der Waals surface area contributed by atoms with E-state index in [2.05, 4.69) is 3.63 Å². The van der Waals surface area contributed by atoms with Crippen molar-refractivity contribution in [2.75, 3.05) is 5.75 Å². The molecule has 0 aliphatic heterocycles. The van der Waals surface area contributed by atoms with Crippen LogP contribution in [0.4, 0.5) is 0 Å². The van der Waals surface area contributed by atoms with Crippen molar-refractivity contribution in [1.82, 2.24) is 0 Å². The third-order valence-corrected chi connectivity index (χ3v) is 2.65. The SMILES string of the molecule is N#CCCCCCSOS(=O)(=O)[O-].[Na+]. The van der Waals surface area contributed by atoms with E-state index in [9.17, 15) is 13.0 Å². The monoisotopic (exact) mass is 247 g/mol. The van der Waals surface area contributed by atoms with Crippen molar-refractivity contribution < 1.29 is 46.2 Å². The van der Waals surface area contributed by atoms with Crippen molar-refractivity contribution >= 4 is 22.4 Å². The second kappa shape index (κ2) is 10.2. The van der Waals surface area contributed by atoms with Crippen molar-refractivity contribution in [1.29, 1.82) is 5.26 Å². The Morgan fingerprint density at radius 2 is 2.00 bits per heavy atom. The fourth-order valence-electron chi connectivity index (χ4n) is 0.635. The van der Waals surface area contributed by atoms with Crippen molar-refractivity contribution in [3.05, 3.63) is 0 Å². The van der Waals surface area contributed by atoms with Crippen LogP contribution < -0.4 is 29.6 Å². The third-order valence-electron chi connectivity index (χ3n) is 1.15. The summed E-state index contributed by atoms with van der Waals surface area (Å²) in [6.07, 6.45) is 2.87. The van der Waals surface area contributed by atoms with E-state index in [1.54, 1.807) is 0 Å². The molecule has 0 fully saturated rings. The van der Waals surface area contributed by atoms with Crippen LogP contribution in [0, 0.1) is 11.3 Å². The Hall–Kier alpha value is 0.710. The van der Waals surface area contributed by atoms with Gasteiger partial charge >= 0.3 is 29.6 Å². The van der Waals surface area contributed by atoms with E-state index in [1.165, 1.54) is 0 Å². The largest absolute Gasteiger partial charge is 1.00 e. The molecule has 0 aliphatic rings. The average Bonchev–Trinajstić information content (AvgIpc) is 2.01. The first-order valence-corrected chi connectivity index (χ1v) is 5.94. The van der Waals surface area contributed by atoms with Crippen molar-refractivity contribution in [3.8, 4) is 6.07 Å². The van der Waals surface area contributed by atoms with Gasteiger partial charge in [0.05, 0.1) is 6.07 Å². The second-order valence-corrected chi connectivity index (χ2v) is 4.27. The summed E-state index contributed by atoms with van der Waals surface area (Å²) in [5.74, 6) is 0.451. The van der Waals surface area contributed by atoms with E-state index >= 15 is 0 Å². The molecule has 0 saturated carbocycles. The molecule has 0 unspecified atom stereocenters. The molecular formula is C6H10NNaO4S2. The summed E-state index contributed by atoms with van der Waals surface area (Å²) in [5, 5.41) is 8.18. The van der Waals surface area contributed by atoms with Gasteiger partial charge in [-0.25, -0.2) is 12.0 Å². The topological polar surface area (TPSA) is 90.2 Å². The number of nitriles is 1. The molecule has 0 atom stereocenters. The molecule has 0 aliphatic carbocycles. The summed E-state index contributed by atoms with van der Waals surface area (Å²) < 4.78 is 33.7. The van der Waals surface area contributed by atoms with Gasteiger partial charge in [-0.3, -0.25) is 0 Å². The maximum Gasteiger partial charge on any atom is 1.00 e. The summed E-state index contributed by atoms with van der Waals surface area (Å²) in [4.78, 5) is 0. The standard InChI is InChI=1S/C6H11NO4S2.Na/c7-5-3-1-2-4-6-12-11-13(8,9)10;/h1-4,6H2,(H,8,9,10);/q;+1/p-1. The molecule has 0 spiro atoms. The molecule has 0 aromatic carbocycles. The number of nitrogens with zero attached hydrogens (tertiary/aromatic N) is 1. The molecule has 0 N–H and O–H groups in total. The molecule has 0 rings (SSSR count). The van der Waals surface area contributed by atoms with E-state index in [4.69, 9.17) is 5.26 Å². The van der Waals surface area contributed by atoms with E-state index in [-0.39, 0.29) is 29.6 Å². The van der Waals surface area contributed by atoms with E-state index in [0.717, 1.165) is 19.3 Å². The summed E-state index contributed by atoms with van der Waals surface area (Å²) in [5.41, 5.74) is 0. The van der Waals surface area contributed by atoms with E-state index < -0.39 is 10.4 Å². The molecule has 0 heterocycles. The zero-order valence-corrected chi connectivity index (χ0v) is 11.6. The Morgan fingerprint density at radius 3 is 2.50 bits per heavy atom. The van der Waals surface area contributed by atoms with Gasteiger partial charge in [-0.1, -0.05) is 6.42 Å². The third kappa shape index (κ3) is 15.2. The minimum absolute atomic E-state index is 0. The second-order valence-electron chi connectivity index (χ2n) is 2.27. The first-order valence-electron chi connectivity index (χ1n) is 3.70. The Bertz CT molecular complexity index is 261. The van der Waals surface area contributed by atoms with Crippen molar-refractivity contribution in [3.63, 3.8) is 0 Å². The fraction of sp³-hybridized carbons (Fsp3) is 0.833. The molecule has 76 valence electrons. The maximum absolute atomic E-state index is 9.92. The molecule has 0 saturated heterocycles. The summed E-state index contributed by atoms with van der Waals surface area (Å²) in [7, 11) is -4.56. The molecule has 0 radical (unpaired) electrons.